The van der Waals surface area contributed by atoms with E-state index in [2.05, 4.69) is 10.2 Å². The molecule has 110 valence electrons. The molecule has 1 aromatic heterocycles. The molecule has 0 bridgehead atoms. The minimum atomic E-state index is -3.59. The van der Waals surface area contributed by atoms with Gasteiger partial charge in [-0.3, -0.25) is 5.10 Å². The van der Waals surface area contributed by atoms with Gasteiger partial charge in [-0.2, -0.15) is 9.40 Å². The number of hydrogen-bond donors (Lipinski definition) is 2. The second kappa shape index (κ2) is 7.62. The molecule has 0 aliphatic heterocycles. The van der Waals surface area contributed by atoms with Gasteiger partial charge in [0, 0.05) is 18.7 Å². The number of unbranched alkanes of at least 4 members (excludes halogenated alkanes) is 2. The Hall–Kier alpha value is -0.920. The molecule has 0 unspecified atom stereocenters. The van der Waals surface area contributed by atoms with Crippen LogP contribution in [0.3, 0.4) is 0 Å². The minimum absolute atomic E-state index is 0.0159. The molecule has 1 rings (SSSR count). The highest BCUT2D eigenvalue weighted by atomic mass is 32.2. The first-order valence-corrected chi connectivity index (χ1v) is 8.15. The van der Waals surface area contributed by atoms with Crippen molar-refractivity contribution in [2.75, 3.05) is 13.1 Å². The smallest absolute Gasteiger partial charge is 0.260 e. The van der Waals surface area contributed by atoms with Crippen LogP contribution in [0.25, 0.3) is 0 Å². The topological polar surface area (TPSA) is 86.3 Å². The largest absolute Gasteiger partial charge is 0.392 e. The van der Waals surface area contributed by atoms with Crippen LogP contribution in [0.1, 0.15) is 45.1 Å². The summed E-state index contributed by atoms with van der Waals surface area (Å²) in [6.07, 6.45) is 4.88. The second-order valence-electron chi connectivity index (χ2n) is 4.49. The molecule has 6 nitrogen and oxygen atoms in total. The van der Waals surface area contributed by atoms with Crippen LogP contribution in [0.15, 0.2) is 11.2 Å². The number of rotatable bonds is 9. The number of H-pyrrole nitrogens is 1. The number of aliphatic hydroxyl groups excluding tert-OH is 1. The molecule has 0 aliphatic carbocycles. The lowest BCUT2D eigenvalue weighted by Crippen LogP contribution is -2.33. The minimum Gasteiger partial charge on any atom is -0.392 e. The zero-order valence-corrected chi connectivity index (χ0v) is 12.4. The number of aliphatic hydroxyl groups is 1. The standard InChI is InChI=1S/C12H23N3O3S/c1-3-5-7-15(8-6-4-2)19(17,18)12-11(10-16)9-13-14-12/h9,16H,3-8,10H2,1-2H3,(H,13,14). The lowest BCUT2D eigenvalue weighted by atomic mass is 10.3. The van der Waals surface area contributed by atoms with Gasteiger partial charge in [-0.05, 0) is 12.8 Å². The Kier molecular flexibility index (Phi) is 6.47. The van der Waals surface area contributed by atoms with Crippen molar-refractivity contribution in [2.45, 2.75) is 51.2 Å². The fraction of sp³-hybridized carbons (Fsp3) is 0.750. The van der Waals surface area contributed by atoms with E-state index in [-0.39, 0.29) is 11.6 Å². The molecule has 1 heterocycles. The summed E-state index contributed by atoms with van der Waals surface area (Å²) in [6.45, 7) is 4.73. The van der Waals surface area contributed by atoms with E-state index in [1.807, 2.05) is 13.8 Å². The highest BCUT2D eigenvalue weighted by Crippen LogP contribution is 2.18. The van der Waals surface area contributed by atoms with E-state index in [1.54, 1.807) is 0 Å². The van der Waals surface area contributed by atoms with Crippen LogP contribution in [-0.4, -0.2) is 41.1 Å². The summed E-state index contributed by atoms with van der Waals surface area (Å²) < 4.78 is 26.5. The van der Waals surface area contributed by atoms with Gasteiger partial charge in [0.2, 0.25) is 0 Å². The Labute approximate surface area is 114 Å². The van der Waals surface area contributed by atoms with E-state index >= 15 is 0 Å². The maximum Gasteiger partial charge on any atom is 0.260 e. The van der Waals surface area contributed by atoms with Crippen LogP contribution < -0.4 is 0 Å². The predicted molar refractivity (Wildman–Crippen MR) is 73.1 cm³/mol. The summed E-state index contributed by atoms with van der Waals surface area (Å²) in [5.74, 6) is 0. The van der Waals surface area contributed by atoms with Crippen molar-refractivity contribution in [3.05, 3.63) is 11.8 Å². The summed E-state index contributed by atoms with van der Waals surface area (Å²) in [7, 11) is -3.59. The van der Waals surface area contributed by atoms with Crippen molar-refractivity contribution >= 4 is 10.0 Å². The Morgan fingerprint density at radius 3 is 2.32 bits per heavy atom. The van der Waals surface area contributed by atoms with Crippen LogP contribution in [0.2, 0.25) is 0 Å². The van der Waals surface area contributed by atoms with Gasteiger partial charge in [0.05, 0.1) is 12.8 Å². The molecule has 0 atom stereocenters. The zero-order chi connectivity index (χ0) is 14.3. The van der Waals surface area contributed by atoms with Crippen LogP contribution in [0.5, 0.6) is 0 Å². The van der Waals surface area contributed by atoms with Crippen molar-refractivity contribution < 1.29 is 13.5 Å². The van der Waals surface area contributed by atoms with Crippen LogP contribution >= 0.6 is 0 Å². The van der Waals surface area contributed by atoms with Gasteiger partial charge in [-0.25, -0.2) is 8.42 Å². The molecule has 2 N–H and O–H groups in total. The van der Waals surface area contributed by atoms with Gasteiger partial charge in [-0.1, -0.05) is 26.7 Å². The SMILES string of the molecule is CCCCN(CCCC)S(=O)(=O)c1[nH]ncc1CO. The summed E-state index contributed by atoms with van der Waals surface area (Å²) in [5, 5.41) is 15.4. The Bertz CT molecular complexity index is 462. The van der Waals surface area contributed by atoms with Gasteiger partial charge >= 0.3 is 0 Å². The predicted octanol–water partition coefficient (Wildman–Crippen LogP) is 1.49. The Morgan fingerprint density at radius 1 is 1.26 bits per heavy atom. The lowest BCUT2D eigenvalue weighted by Gasteiger charge is -2.21. The van der Waals surface area contributed by atoms with Gasteiger partial charge in [0.25, 0.3) is 10.0 Å². The van der Waals surface area contributed by atoms with Crippen molar-refractivity contribution in [1.29, 1.82) is 0 Å². The molecular formula is C12H23N3O3S. The van der Waals surface area contributed by atoms with Crippen molar-refractivity contribution in [3.63, 3.8) is 0 Å². The van der Waals surface area contributed by atoms with Crippen LogP contribution in [-0.2, 0) is 16.6 Å². The normalized spacial score (nSPS) is 12.2. The number of sulfonamides is 1. The van der Waals surface area contributed by atoms with E-state index < -0.39 is 10.0 Å². The molecular weight excluding hydrogens is 266 g/mol. The van der Waals surface area contributed by atoms with Gasteiger partial charge < -0.3 is 5.11 Å². The first-order chi connectivity index (χ1) is 9.07. The average Bonchev–Trinajstić information content (AvgIpc) is 2.87. The molecule has 1 aromatic rings. The number of hydrogen-bond acceptors (Lipinski definition) is 4. The number of nitrogens with zero attached hydrogens (tertiary/aromatic N) is 2. The van der Waals surface area contributed by atoms with Crippen molar-refractivity contribution in [2.24, 2.45) is 0 Å². The molecule has 0 aliphatic rings. The van der Waals surface area contributed by atoms with E-state index in [0.29, 0.717) is 18.7 Å². The number of nitrogens with one attached hydrogen (secondary N) is 1. The summed E-state index contributed by atoms with van der Waals surface area (Å²) in [6, 6.07) is 0. The third kappa shape index (κ3) is 4.02. The molecule has 0 spiro atoms. The molecule has 19 heavy (non-hydrogen) atoms. The van der Waals surface area contributed by atoms with Gasteiger partial charge in [-0.15, -0.1) is 0 Å². The van der Waals surface area contributed by atoms with E-state index in [4.69, 9.17) is 5.11 Å². The molecule has 0 saturated carbocycles. The van der Waals surface area contributed by atoms with Crippen molar-refractivity contribution in [3.8, 4) is 0 Å². The second-order valence-corrected chi connectivity index (χ2v) is 6.37. The number of aromatic nitrogens is 2. The van der Waals surface area contributed by atoms with Gasteiger partial charge in [0.15, 0.2) is 5.03 Å². The molecule has 0 fully saturated rings. The van der Waals surface area contributed by atoms with Crippen molar-refractivity contribution in [1.82, 2.24) is 14.5 Å². The molecule has 7 heteroatoms. The average molecular weight is 289 g/mol. The first-order valence-electron chi connectivity index (χ1n) is 6.71. The van der Waals surface area contributed by atoms with Crippen LogP contribution in [0, 0.1) is 0 Å². The maximum absolute atomic E-state index is 12.5. The van der Waals surface area contributed by atoms with E-state index in [0.717, 1.165) is 25.7 Å². The first kappa shape index (κ1) is 16.1. The fourth-order valence-electron chi connectivity index (χ4n) is 1.79. The molecule has 0 amide bonds. The summed E-state index contributed by atoms with van der Waals surface area (Å²) in [5.41, 5.74) is 0.318. The fourth-order valence-corrected chi connectivity index (χ4v) is 3.40. The van der Waals surface area contributed by atoms with E-state index in [9.17, 15) is 8.42 Å². The quantitative estimate of drug-likeness (QED) is 0.721. The highest BCUT2D eigenvalue weighted by molar-refractivity contribution is 7.89. The third-order valence-corrected chi connectivity index (χ3v) is 4.88. The third-order valence-electron chi connectivity index (χ3n) is 2.97. The molecule has 0 radical (unpaired) electrons. The number of aromatic amines is 1. The van der Waals surface area contributed by atoms with Gasteiger partial charge in [0.1, 0.15) is 0 Å². The Morgan fingerprint density at radius 2 is 1.84 bits per heavy atom. The summed E-state index contributed by atoms with van der Waals surface area (Å²) in [4.78, 5) is 0. The maximum atomic E-state index is 12.5. The highest BCUT2D eigenvalue weighted by Gasteiger charge is 2.27. The van der Waals surface area contributed by atoms with E-state index in [1.165, 1.54) is 10.5 Å². The molecule has 0 saturated heterocycles. The Balaban J connectivity index is 2.97. The zero-order valence-electron chi connectivity index (χ0n) is 11.6. The summed E-state index contributed by atoms with van der Waals surface area (Å²) >= 11 is 0. The molecule has 0 aromatic carbocycles. The van der Waals surface area contributed by atoms with Crippen LogP contribution in [0.4, 0.5) is 0 Å². The lowest BCUT2D eigenvalue weighted by molar-refractivity contribution is 0.278. The monoisotopic (exact) mass is 289 g/mol.